The lowest BCUT2D eigenvalue weighted by Gasteiger charge is -2.06. The molecule has 28 heavy (non-hydrogen) atoms. The van der Waals surface area contributed by atoms with E-state index >= 15 is 0 Å². The Morgan fingerprint density at radius 3 is 2.64 bits per heavy atom. The van der Waals surface area contributed by atoms with Crippen molar-refractivity contribution in [3.63, 3.8) is 0 Å². The zero-order valence-corrected chi connectivity index (χ0v) is 14.7. The Kier molecular flexibility index (Phi) is 3.71. The molecule has 0 radical (unpaired) electrons. The molecule has 5 rings (SSSR count). The number of carbonyl (C=O) groups is 1. The summed E-state index contributed by atoms with van der Waals surface area (Å²) in [6, 6.07) is 9.27. The Morgan fingerprint density at radius 1 is 1.07 bits per heavy atom. The Hall–Kier alpha value is -3.55. The van der Waals surface area contributed by atoms with Gasteiger partial charge in [-0.05, 0) is 41.8 Å². The first-order chi connectivity index (χ1) is 13.6. The zero-order chi connectivity index (χ0) is 19.3. The summed E-state index contributed by atoms with van der Waals surface area (Å²) in [5, 5.41) is 8.23. The number of imidazole rings is 1. The van der Waals surface area contributed by atoms with Crippen molar-refractivity contribution < 1.29 is 13.6 Å². The van der Waals surface area contributed by atoms with Crippen LogP contribution in [0.25, 0.3) is 22.4 Å². The Balaban J connectivity index is 1.50. The number of halogens is 2. The first-order valence-electron chi connectivity index (χ1n) is 8.78. The predicted octanol–water partition coefficient (Wildman–Crippen LogP) is 3.29. The van der Waals surface area contributed by atoms with E-state index in [9.17, 15) is 13.6 Å². The fraction of sp³-hybridized carbons (Fsp3) is 0.150. The van der Waals surface area contributed by atoms with Crippen molar-refractivity contribution >= 4 is 17.3 Å². The number of carbonyl (C=O) groups excluding carboxylic acids is 1. The van der Waals surface area contributed by atoms with Crippen molar-refractivity contribution in [3.8, 4) is 11.5 Å². The van der Waals surface area contributed by atoms with E-state index in [0.717, 1.165) is 40.3 Å². The standard InChI is InChI=1S/C20H15F2N5O/c21-13-4-12(5-14(22)7-13)3-11-1-2-16-15(6-11)19(26-25-16)20-23-17-8-27(10-28)9-18(17)24-20/h1-2,4-7,10H,3,8-9H2,(H,23,24)(H,25,26). The second-order valence-corrected chi connectivity index (χ2v) is 6.93. The summed E-state index contributed by atoms with van der Waals surface area (Å²) >= 11 is 0. The number of fused-ring (bicyclic) bond motifs is 2. The summed E-state index contributed by atoms with van der Waals surface area (Å²) in [7, 11) is 0. The smallest absolute Gasteiger partial charge is 0.210 e. The summed E-state index contributed by atoms with van der Waals surface area (Å²) in [5.41, 5.74) is 4.73. The van der Waals surface area contributed by atoms with Crippen LogP contribution >= 0.6 is 0 Å². The van der Waals surface area contributed by atoms with Crippen molar-refractivity contribution in [2.75, 3.05) is 0 Å². The number of benzene rings is 2. The number of aromatic nitrogens is 4. The molecule has 0 saturated carbocycles. The molecular formula is C20H15F2N5O. The number of H-pyrrole nitrogens is 2. The van der Waals surface area contributed by atoms with Gasteiger partial charge in [0.2, 0.25) is 6.41 Å². The van der Waals surface area contributed by atoms with Crippen molar-refractivity contribution in [1.29, 1.82) is 0 Å². The number of hydrogen-bond donors (Lipinski definition) is 2. The fourth-order valence-electron chi connectivity index (χ4n) is 3.65. The maximum absolute atomic E-state index is 13.5. The molecule has 4 aromatic rings. The molecule has 1 aliphatic heterocycles. The van der Waals surface area contributed by atoms with Crippen LogP contribution in [0, 0.1) is 11.6 Å². The molecule has 0 unspecified atom stereocenters. The van der Waals surface area contributed by atoms with E-state index in [-0.39, 0.29) is 0 Å². The van der Waals surface area contributed by atoms with Gasteiger partial charge < -0.3 is 9.88 Å². The van der Waals surface area contributed by atoms with Crippen molar-refractivity contribution in [3.05, 3.63) is 70.5 Å². The van der Waals surface area contributed by atoms with Gasteiger partial charge in [0.15, 0.2) is 5.82 Å². The first-order valence-corrected chi connectivity index (χ1v) is 8.78. The van der Waals surface area contributed by atoms with E-state index in [4.69, 9.17) is 0 Å². The van der Waals surface area contributed by atoms with Crippen molar-refractivity contribution in [2.45, 2.75) is 19.5 Å². The molecule has 0 aliphatic carbocycles. The van der Waals surface area contributed by atoms with Gasteiger partial charge in [-0.1, -0.05) is 6.07 Å². The Morgan fingerprint density at radius 2 is 1.89 bits per heavy atom. The summed E-state index contributed by atoms with van der Waals surface area (Å²) < 4.78 is 26.9. The third-order valence-electron chi connectivity index (χ3n) is 4.91. The molecule has 0 fully saturated rings. The van der Waals surface area contributed by atoms with E-state index in [0.29, 0.717) is 36.6 Å². The van der Waals surface area contributed by atoms with Crippen LogP contribution in [0.3, 0.4) is 0 Å². The van der Waals surface area contributed by atoms with Crippen LogP contribution in [0.2, 0.25) is 0 Å². The van der Waals surface area contributed by atoms with Crippen LogP contribution in [0.4, 0.5) is 8.78 Å². The van der Waals surface area contributed by atoms with Crippen LogP contribution in [0.5, 0.6) is 0 Å². The van der Waals surface area contributed by atoms with Crippen LogP contribution in [-0.4, -0.2) is 31.5 Å². The zero-order valence-electron chi connectivity index (χ0n) is 14.7. The minimum Gasteiger partial charge on any atom is -0.339 e. The summed E-state index contributed by atoms with van der Waals surface area (Å²) in [6.07, 6.45) is 1.21. The summed E-state index contributed by atoms with van der Waals surface area (Å²) in [6.45, 7) is 0.985. The quantitative estimate of drug-likeness (QED) is 0.534. The van der Waals surface area contributed by atoms with Crippen LogP contribution < -0.4 is 0 Å². The number of hydrogen-bond acceptors (Lipinski definition) is 3. The molecule has 1 amide bonds. The normalized spacial score (nSPS) is 13.3. The first kappa shape index (κ1) is 16.6. The van der Waals surface area contributed by atoms with Crippen LogP contribution in [-0.2, 0) is 24.3 Å². The molecule has 2 aromatic heterocycles. The Labute approximate surface area is 158 Å². The highest BCUT2D eigenvalue weighted by molar-refractivity contribution is 5.91. The number of nitrogens with one attached hydrogen (secondary N) is 2. The minimum atomic E-state index is -0.588. The van der Waals surface area contributed by atoms with E-state index in [1.165, 1.54) is 12.1 Å². The lowest BCUT2D eigenvalue weighted by molar-refractivity contribution is -0.118. The van der Waals surface area contributed by atoms with Gasteiger partial charge in [-0.2, -0.15) is 5.10 Å². The molecular weight excluding hydrogens is 364 g/mol. The second kappa shape index (κ2) is 6.26. The molecule has 140 valence electrons. The monoisotopic (exact) mass is 379 g/mol. The maximum atomic E-state index is 13.5. The molecule has 2 N–H and O–H groups in total. The Bertz CT molecular complexity index is 1170. The van der Waals surface area contributed by atoms with E-state index in [1.807, 2.05) is 18.2 Å². The largest absolute Gasteiger partial charge is 0.339 e. The molecule has 3 heterocycles. The average Bonchev–Trinajstić information content (AvgIpc) is 3.32. The third-order valence-corrected chi connectivity index (χ3v) is 4.91. The number of rotatable bonds is 4. The molecule has 2 aromatic carbocycles. The average molecular weight is 379 g/mol. The van der Waals surface area contributed by atoms with Crippen molar-refractivity contribution in [2.24, 2.45) is 0 Å². The third kappa shape index (κ3) is 2.83. The molecule has 0 saturated heterocycles. The van der Waals surface area contributed by atoms with Gasteiger partial charge in [-0.15, -0.1) is 0 Å². The topological polar surface area (TPSA) is 77.7 Å². The van der Waals surface area contributed by atoms with E-state index < -0.39 is 11.6 Å². The van der Waals surface area contributed by atoms with Gasteiger partial charge in [-0.25, -0.2) is 13.8 Å². The molecule has 0 spiro atoms. The highest BCUT2D eigenvalue weighted by Crippen LogP contribution is 2.29. The highest BCUT2D eigenvalue weighted by Gasteiger charge is 2.23. The maximum Gasteiger partial charge on any atom is 0.210 e. The number of aromatic amines is 2. The molecule has 6 nitrogen and oxygen atoms in total. The van der Waals surface area contributed by atoms with Gasteiger partial charge in [-0.3, -0.25) is 9.89 Å². The summed E-state index contributed by atoms with van der Waals surface area (Å²) in [5.74, 6) is -0.542. The fourth-order valence-corrected chi connectivity index (χ4v) is 3.65. The molecule has 0 bridgehead atoms. The molecule has 8 heteroatoms. The second-order valence-electron chi connectivity index (χ2n) is 6.93. The lowest BCUT2D eigenvalue weighted by atomic mass is 10.0. The van der Waals surface area contributed by atoms with E-state index in [2.05, 4.69) is 20.2 Å². The molecule has 1 aliphatic rings. The van der Waals surface area contributed by atoms with Gasteiger partial charge in [0.25, 0.3) is 0 Å². The highest BCUT2D eigenvalue weighted by atomic mass is 19.1. The lowest BCUT2D eigenvalue weighted by Crippen LogP contribution is -2.13. The van der Waals surface area contributed by atoms with Gasteiger partial charge in [0, 0.05) is 11.5 Å². The number of amides is 1. The van der Waals surface area contributed by atoms with E-state index in [1.54, 1.807) is 4.90 Å². The van der Waals surface area contributed by atoms with Gasteiger partial charge in [0.05, 0.1) is 30.0 Å². The van der Waals surface area contributed by atoms with Gasteiger partial charge in [0.1, 0.15) is 17.3 Å². The SMILES string of the molecule is O=CN1Cc2nc(-c3n[nH]c4ccc(Cc5cc(F)cc(F)c5)cc34)[nH]c2C1. The van der Waals surface area contributed by atoms with Crippen molar-refractivity contribution in [1.82, 2.24) is 25.1 Å². The minimum absolute atomic E-state index is 0.401. The van der Waals surface area contributed by atoms with Crippen LogP contribution in [0.15, 0.2) is 36.4 Å². The van der Waals surface area contributed by atoms with Crippen LogP contribution in [0.1, 0.15) is 22.5 Å². The predicted molar refractivity (Wildman–Crippen MR) is 98.2 cm³/mol. The molecule has 0 atom stereocenters. The summed E-state index contributed by atoms with van der Waals surface area (Å²) in [4.78, 5) is 20.4. The van der Waals surface area contributed by atoms with Gasteiger partial charge >= 0.3 is 0 Å². The number of nitrogens with zero attached hydrogens (tertiary/aromatic N) is 3.